The summed E-state index contributed by atoms with van der Waals surface area (Å²) in [6, 6.07) is 12.0. The Hall–Kier alpha value is -3.22. The molecule has 146 valence electrons. The first-order valence-corrected chi connectivity index (χ1v) is 9.07. The number of nitrogens with zero attached hydrogens (tertiary/aromatic N) is 2. The summed E-state index contributed by atoms with van der Waals surface area (Å²) < 4.78 is 0. The third-order valence-corrected chi connectivity index (χ3v) is 4.93. The van der Waals surface area contributed by atoms with E-state index in [0.29, 0.717) is 0 Å². The Balaban J connectivity index is 1.59. The molecule has 1 amide bonds. The number of nitro groups is 1. The van der Waals surface area contributed by atoms with Crippen LogP contribution >= 0.6 is 0 Å². The van der Waals surface area contributed by atoms with E-state index in [9.17, 15) is 20.0 Å². The number of hydrazone groups is 1. The minimum absolute atomic E-state index is 0.0889. The molecule has 0 aromatic heterocycles. The van der Waals surface area contributed by atoms with Gasteiger partial charge in [0.05, 0.1) is 11.1 Å². The van der Waals surface area contributed by atoms with Crippen LogP contribution in [0.4, 0.5) is 5.69 Å². The molecule has 7 nitrogen and oxygen atoms in total. The van der Waals surface area contributed by atoms with Crippen LogP contribution in [0.15, 0.2) is 47.6 Å². The largest absolute Gasteiger partial charge is 0.507 e. The Labute approximate surface area is 163 Å². The van der Waals surface area contributed by atoms with Gasteiger partial charge in [0.25, 0.3) is 5.69 Å². The van der Waals surface area contributed by atoms with Gasteiger partial charge in [-0.1, -0.05) is 45.0 Å². The van der Waals surface area contributed by atoms with Crippen molar-refractivity contribution in [2.75, 3.05) is 0 Å². The van der Waals surface area contributed by atoms with E-state index in [-0.39, 0.29) is 40.2 Å². The number of phenols is 1. The molecule has 0 aliphatic heterocycles. The molecule has 1 fully saturated rings. The van der Waals surface area contributed by atoms with Crippen molar-refractivity contribution in [1.29, 1.82) is 0 Å². The molecule has 0 radical (unpaired) electrons. The lowest BCUT2D eigenvalue weighted by Crippen LogP contribution is -2.20. The second-order valence-electron chi connectivity index (χ2n) is 8.06. The zero-order valence-corrected chi connectivity index (χ0v) is 16.0. The number of hydrogen-bond acceptors (Lipinski definition) is 5. The summed E-state index contributed by atoms with van der Waals surface area (Å²) in [5.74, 6) is -0.315. The minimum Gasteiger partial charge on any atom is -0.507 e. The molecule has 28 heavy (non-hydrogen) atoms. The number of rotatable bonds is 5. The van der Waals surface area contributed by atoms with Gasteiger partial charge in [0, 0.05) is 23.6 Å². The van der Waals surface area contributed by atoms with Crippen LogP contribution in [0.25, 0.3) is 0 Å². The number of carbonyl (C=O) groups excluding carboxylic acids is 1. The highest BCUT2D eigenvalue weighted by molar-refractivity contribution is 5.87. The molecule has 0 bridgehead atoms. The van der Waals surface area contributed by atoms with Gasteiger partial charge < -0.3 is 5.11 Å². The highest BCUT2D eigenvalue weighted by Crippen LogP contribution is 2.47. The second kappa shape index (κ2) is 7.42. The maximum atomic E-state index is 12.3. The lowest BCUT2D eigenvalue weighted by atomic mass is 9.86. The van der Waals surface area contributed by atoms with E-state index in [2.05, 4.69) is 55.6 Å². The Morgan fingerprint density at radius 3 is 2.54 bits per heavy atom. The molecule has 0 spiro atoms. The van der Waals surface area contributed by atoms with E-state index < -0.39 is 4.92 Å². The van der Waals surface area contributed by atoms with E-state index in [0.717, 1.165) is 12.0 Å². The fourth-order valence-electron chi connectivity index (χ4n) is 3.09. The zero-order chi connectivity index (χ0) is 20.5. The summed E-state index contributed by atoms with van der Waals surface area (Å²) in [7, 11) is 0. The molecule has 2 aromatic carbocycles. The average Bonchev–Trinajstić information content (AvgIpc) is 3.43. The van der Waals surface area contributed by atoms with Gasteiger partial charge in [-0.2, -0.15) is 5.10 Å². The lowest BCUT2D eigenvalue weighted by Gasteiger charge is -2.19. The van der Waals surface area contributed by atoms with E-state index in [1.165, 1.54) is 30.0 Å². The number of non-ortho nitro benzene ring substituents is 1. The predicted molar refractivity (Wildman–Crippen MR) is 106 cm³/mol. The molecule has 0 heterocycles. The maximum absolute atomic E-state index is 12.3. The van der Waals surface area contributed by atoms with Gasteiger partial charge in [0.2, 0.25) is 5.91 Å². The zero-order valence-electron chi connectivity index (χ0n) is 16.0. The number of phenolic OH excluding ortho intramolecular Hbond substituents is 1. The quantitative estimate of drug-likeness (QED) is 0.466. The Kier molecular flexibility index (Phi) is 5.18. The van der Waals surface area contributed by atoms with E-state index in [1.54, 1.807) is 0 Å². The van der Waals surface area contributed by atoms with Crippen LogP contribution in [-0.4, -0.2) is 22.2 Å². The number of carbonyl (C=O) groups is 1. The first-order chi connectivity index (χ1) is 13.2. The summed E-state index contributed by atoms with van der Waals surface area (Å²) in [5, 5.41) is 24.4. The van der Waals surface area contributed by atoms with Crippen LogP contribution in [-0.2, 0) is 10.2 Å². The molecule has 1 aliphatic rings. The summed E-state index contributed by atoms with van der Waals surface area (Å²) in [6.45, 7) is 6.48. The second-order valence-corrected chi connectivity index (χ2v) is 8.06. The van der Waals surface area contributed by atoms with Crippen LogP contribution in [0.3, 0.4) is 0 Å². The van der Waals surface area contributed by atoms with Crippen molar-refractivity contribution in [2.45, 2.75) is 38.5 Å². The monoisotopic (exact) mass is 381 g/mol. The number of nitro benzene ring substituents is 1. The third kappa shape index (κ3) is 4.36. The Morgan fingerprint density at radius 2 is 1.93 bits per heavy atom. The highest BCUT2D eigenvalue weighted by Gasteiger charge is 2.44. The predicted octanol–water partition coefficient (Wildman–Crippen LogP) is 3.85. The van der Waals surface area contributed by atoms with Crippen molar-refractivity contribution in [3.8, 4) is 5.75 Å². The Morgan fingerprint density at radius 1 is 1.25 bits per heavy atom. The fourth-order valence-corrected chi connectivity index (χ4v) is 3.09. The highest BCUT2D eigenvalue weighted by atomic mass is 16.6. The van der Waals surface area contributed by atoms with Crippen LogP contribution in [0.1, 0.15) is 49.8 Å². The number of nitrogens with one attached hydrogen (secondary N) is 1. The van der Waals surface area contributed by atoms with E-state index in [1.807, 2.05) is 0 Å². The standard InChI is InChI=1S/C21H23N3O4/c1-21(2,3)15-6-4-13(5-7-15)17-11-18(17)20(26)23-22-12-14-10-16(24(27)28)8-9-19(14)25/h4-10,12,17-18,25H,11H2,1-3H3,(H,23,26)/b22-12-/t17-,18+/m0/s1. The number of amides is 1. The van der Waals surface area contributed by atoms with Gasteiger partial charge in [0.15, 0.2) is 0 Å². The van der Waals surface area contributed by atoms with Gasteiger partial charge in [0.1, 0.15) is 5.75 Å². The molecule has 1 saturated carbocycles. The van der Waals surface area contributed by atoms with Gasteiger partial charge in [-0.05, 0) is 34.9 Å². The molecular formula is C21H23N3O4. The van der Waals surface area contributed by atoms with Gasteiger partial charge in [-0.25, -0.2) is 5.43 Å². The Bertz CT molecular complexity index is 930. The molecule has 0 saturated heterocycles. The first kappa shape index (κ1) is 19.5. The summed E-state index contributed by atoms with van der Waals surface area (Å²) >= 11 is 0. The summed E-state index contributed by atoms with van der Waals surface area (Å²) in [6.07, 6.45) is 1.97. The summed E-state index contributed by atoms with van der Waals surface area (Å²) in [5.41, 5.74) is 4.93. The van der Waals surface area contributed by atoms with Crippen molar-refractivity contribution in [3.63, 3.8) is 0 Å². The normalized spacial score (nSPS) is 18.8. The smallest absolute Gasteiger partial charge is 0.270 e. The van der Waals surface area contributed by atoms with Crippen molar-refractivity contribution in [3.05, 3.63) is 69.3 Å². The molecule has 7 heteroatoms. The van der Waals surface area contributed by atoms with Crippen molar-refractivity contribution < 1.29 is 14.8 Å². The molecule has 2 aromatic rings. The van der Waals surface area contributed by atoms with Crippen LogP contribution in [0.5, 0.6) is 5.75 Å². The van der Waals surface area contributed by atoms with Gasteiger partial charge in [-0.3, -0.25) is 14.9 Å². The maximum Gasteiger partial charge on any atom is 0.270 e. The van der Waals surface area contributed by atoms with E-state index in [4.69, 9.17) is 0 Å². The molecule has 2 N–H and O–H groups in total. The number of hydrogen-bond donors (Lipinski definition) is 2. The fraction of sp³-hybridized carbons (Fsp3) is 0.333. The summed E-state index contributed by atoms with van der Waals surface area (Å²) in [4.78, 5) is 22.5. The minimum atomic E-state index is -0.560. The topological polar surface area (TPSA) is 105 Å². The number of aromatic hydroxyl groups is 1. The SMILES string of the molecule is CC(C)(C)c1ccc([C@@H]2C[C@H]2C(=O)N/N=C\c2cc([N+](=O)[O-])ccc2O)cc1. The van der Waals surface area contributed by atoms with Crippen molar-refractivity contribution >= 4 is 17.8 Å². The molecule has 0 unspecified atom stereocenters. The van der Waals surface area contributed by atoms with E-state index >= 15 is 0 Å². The molecule has 3 rings (SSSR count). The van der Waals surface area contributed by atoms with Crippen LogP contribution in [0.2, 0.25) is 0 Å². The molecular weight excluding hydrogens is 358 g/mol. The van der Waals surface area contributed by atoms with Crippen molar-refractivity contribution in [1.82, 2.24) is 5.43 Å². The van der Waals surface area contributed by atoms with Crippen LogP contribution < -0.4 is 5.43 Å². The first-order valence-electron chi connectivity index (χ1n) is 9.07. The lowest BCUT2D eigenvalue weighted by molar-refractivity contribution is -0.384. The third-order valence-electron chi connectivity index (χ3n) is 4.93. The number of benzene rings is 2. The van der Waals surface area contributed by atoms with Gasteiger partial charge in [-0.15, -0.1) is 0 Å². The van der Waals surface area contributed by atoms with Crippen LogP contribution in [0, 0.1) is 16.0 Å². The van der Waals surface area contributed by atoms with Gasteiger partial charge >= 0.3 is 0 Å². The molecule has 2 atom stereocenters. The van der Waals surface area contributed by atoms with Crippen molar-refractivity contribution in [2.24, 2.45) is 11.0 Å². The average molecular weight is 381 g/mol. The molecule has 1 aliphatic carbocycles.